The minimum atomic E-state index is -1.72. The maximum Gasteiger partial charge on any atom is 0.267 e. The molecule has 6 aromatic carbocycles. The highest BCUT2D eigenvalue weighted by atomic mass is 19.2. The summed E-state index contributed by atoms with van der Waals surface area (Å²) in [4.78, 5) is 0. The van der Waals surface area contributed by atoms with Gasteiger partial charge in [0.25, 0.3) is 13.4 Å². The van der Waals surface area contributed by atoms with Crippen molar-refractivity contribution < 1.29 is 81.1 Å². The maximum atomic E-state index is 15.0. The molecule has 0 aromatic heterocycles. The average molecular weight is 880 g/mol. The van der Waals surface area contributed by atoms with Crippen molar-refractivity contribution in [2.24, 2.45) is 0 Å². The van der Waals surface area contributed by atoms with Crippen molar-refractivity contribution in [1.29, 1.82) is 0 Å². The van der Waals surface area contributed by atoms with Crippen LogP contribution >= 0.6 is 0 Å². The Morgan fingerprint density at radius 3 is 0.726 bits per heavy atom. The molecule has 0 heterocycles. The third-order valence-corrected chi connectivity index (χ3v) is 9.44. The van der Waals surface area contributed by atoms with Gasteiger partial charge in [0.15, 0.2) is 34.7 Å². The Labute approximate surface area is 346 Å². The van der Waals surface area contributed by atoms with Gasteiger partial charge in [-0.15, -0.1) is 0 Å². The molecular formula is C42H30B2F12O6. The van der Waals surface area contributed by atoms with Crippen LogP contribution in [-0.4, -0.2) is 56.1 Å². The van der Waals surface area contributed by atoms with E-state index in [9.17, 15) is 39.5 Å². The largest absolute Gasteiger partial charge is 0.497 e. The van der Waals surface area contributed by atoms with E-state index in [0.717, 1.165) is 79.1 Å². The normalized spacial score (nSPS) is 10.7. The lowest BCUT2D eigenvalue weighted by molar-refractivity contribution is 0.384. The third-order valence-electron chi connectivity index (χ3n) is 9.44. The second-order valence-corrected chi connectivity index (χ2v) is 12.9. The van der Waals surface area contributed by atoms with Gasteiger partial charge in [-0.1, -0.05) is 0 Å². The fourth-order valence-electron chi connectivity index (χ4n) is 6.73. The molecule has 0 unspecified atom stereocenters. The van der Waals surface area contributed by atoms with Crippen LogP contribution in [0.15, 0.2) is 72.8 Å². The lowest BCUT2D eigenvalue weighted by atomic mass is 9.35. The smallest absolute Gasteiger partial charge is 0.267 e. The molecule has 20 heteroatoms. The van der Waals surface area contributed by atoms with E-state index in [-0.39, 0.29) is 17.2 Å². The van der Waals surface area contributed by atoms with Gasteiger partial charge >= 0.3 is 0 Å². The quantitative estimate of drug-likeness (QED) is 0.109. The summed E-state index contributed by atoms with van der Waals surface area (Å²) in [5, 5.41) is 0. The first-order valence-electron chi connectivity index (χ1n) is 17.6. The number of hydrogen-bond donors (Lipinski definition) is 0. The van der Waals surface area contributed by atoms with Crippen LogP contribution in [0, 0.1) is 69.8 Å². The molecule has 0 N–H and O–H groups in total. The summed E-state index contributed by atoms with van der Waals surface area (Å²) in [6.45, 7) is -3.32. The van der Waals surface area contributed by atoms with E-state index >= 15 is 13.2 Å². The fourth-order valence-corrected chi connectivity index (χ4v) is 6.73. The molecular weight excluding hydrogens is 850 g/mol. The molecule has 0 aliphatic rings. The first kappa shape index (κ1) is 46.5. The van der Waals surface area contributed by atoms with Crippen molar-refractivity contribution in [3.05, 3.63) is 143 Å². The van der Waals surface area contributed by atoms with Gasteiger partial charge in [0.2, 0.25) is 0 Å². The second kappa shape index (κ2) is 19.4. The second-order valence-electron chi connectivity index (χ2n) is 12.9. The Balaban J connectivity index is 0.000000234. The predicted molar refractivity (Wildman–Crippen MR) is 207 cm³/mol. The van der Waals surface area contributed by atoms with Crippen molar-refractivity contribution in [1.82, 2.24) is 0 Å². The molecule has 0 spiro atoms. The number of methoxy groups -OCH3 is 6. The number of hydrogen-bond acceptors (Lipinski definition) is 6. The summed E-state index contributed by atoms with van der Waals surface area (Å²) in [7, 11) is 6.68. The molecule has 324 valence electrons. The fraction of sp³-hybridized carbons (Fsp3) is 0.143. The Bertz CT molecular complexity index is 2350. The van der Waals surface area contributed by atoms with E-state index in [0.29, 0.717) is 36.4 Å². The summed E-state index contributed by atoms with van der Waals surface area (Å²) in [5.41, 5.74) is -2.68. The van der Waals surface area contributed by atoms with Gasteiger partial charge in [-0.3, -0.25) is 0 Å². The number of ether oxygens (including phenoxy) is 6. The minimum Gasteiger partial charge on any atom is -0.497 e. The van der Waals surface area contributed by atoms with E-state index in [1.165, 1.54) is 0 Å². The van der Waals surface area contributed by atoms with Crippen LogP contribution in [0.5, 0.6) is 34.5 Å². The summed E-state index contributed by atoms with van der Waals surface area (Å²) in [6, 6.07) is 8.12. The van der Waals surface area contributed by atoms with Gasteiger partial charge in [0.1, 0.15) is 69.6 Å². The van der Waals surface area contributed by atoms with Crippen molar-refractivity contribution in [2.45, 2.75) is 0 Å². The molecule has 0 radical (unpaired) electrons. The molecule has 62 heavy (non-hydrogen) atoms. The highest BCUT2D eigenvalue weighted by Crippen LogP contribution is 2.25. The highest BCUT2D eigenvalue weighted by Gasteiger charge is 2.39. The third kappa shape index (κ3) is 9.33. The van der Waals surface area contributed by atoms with Crippen LogP contribution < -0.4 is 61.2 Å². The van der Waals surface area contributed by atoms with Gasteiger partial charge < -0.3 is 28.4 Å². The van der Waals surface area contributed by atoms with Crippen LogP contribution in [0.3, 0.4) is 0 Å². The number of rotatable bonds is 12. The van der Waals surface area contributed by atoms with Gasteiger partial charge in [0.05, 0.1) is 42.7 Å². The van der Waals surface area contributed by atoms with Crippen LogP contribution in [0.4, 0.5) is 52.7 Å². The molecule has 0 aliphatic heterocycles. The zero-order chi connectivity index (χ0) is 45.7. The summed E-state index contributed by atoms with van der Waals surface area (Å²) in [6.07, 6.45) is 0. The molecule has 0 saturated carbocycles. The zero-order valence-electron chi connectivity index (χ0n) is 33.1. The first-order valence-corrected chi connectivity index (χ1v) is 17.6. The standard InChI is InChI=1S/2C21H15BF6O3/c1-29-19-4-10(13(23)7-16(19)26)22(11-5-20(30-2)17(27)8-14(11)24)12-6-21(31-3)18(28)9-15(12)25;1-29-16-7-10(23)4-13(26)19(16)22(20-14(27)5-11(24)8-17(20)30-2)21-15(28)6-12(25)9-18(21)31-3/h2*4-9H,1-3H3. The van der Waals surface area contributed by atoms with Crippen LogP contribution in [-0.2, 0) is 0 Å². The molecule has 0 atom stereocenters. The first-order chi connectivity index (χ1) is 29.4. The average Bonchev–Trinajstić information content (AvgIpc) is 3.21. The molecule has 0 saturated heterocycles. The van der Waals surface area contributed by atoms with Gasteiger partial charge in [-0.05, 0) is 34.6 Å². The predicted octanol–water partition coefficient (Wildman–Crippen LogP) is 6.13. The topological polar surface area (TPSA) is 55.4 Å². The summed E-state index contributed by atoms with van der Waals surface area (Å²) >= 11 is 0. The number of halogens is 12. The molecule has 0 amide bonds. The Morgan fingerprint density at radius 2 is 0.500 bits per heavy atom. The summed E-state index contributed by atoms with van der Waals surface area (Å²) < 4.78 is 202. The van der Waals surface area contributed by atoms with E-state index in [1.54, 1.807) is 0 Å². The molecule has 0 aliphatic carbocycles. The van der Waals surface area contributed by atoms with E-state index in [1.807, 2.05) is 0 Å². The maximum absolute atomic E-state index is 15.0. The Hall–Kier alpha value is -6.59. The van der Waals surface area contributed by atoms with E-state index in [2.05, 4.69) is 0 Å². The lowest BCUT2D eigenvalue weighted by Gasteiger charge is -2.23. The van der Waals surface area contributed by atoms with Crippen LogP contribution in [0.2, 0.25) is 0 Å². The van der Waals surface area contributed by atoms with Crippen molar-refractivity contribution >= 4 is 46.2 Å². The van der Waals surface area contributed by atoms with Crippen LogP contribution in [0.25, 0.3) is 0 Å². The van der Waals surface area contributed by atoms with Gasteiger partial charge in [-0.2, -0.15) is 0 Å². The molecule has 0 bridgehead atoms. The molecule has 6 rings (SSSR count). The van der Waals surface area contributed by atoms with E-state index < -0.39 is 133 Å². The number of benzene rings is 6. The van der Waals surface area contributed by atoms with Gasteiger partial charge in [-0.25, -0.2) is 52.7 Å². The van der Waals surface area contributed by atoms with Gasteiger partial charge in [0, 0.05) is 71.0 Å². The minimum absolute atomic E-state index is 0.390. The molecule has 0 fully saturated rings. The summed E-state index contributed by atoms with van der Waals surface area (Å²) in [5.74, 6) is -15.6. The van der Waals surface area contributed by atoms with Crippen LogP contribution in [0.1, 0.15) is 0 Å². The SMILES string of the molecule is COc1cc(B(c2cc(OC)c(F)cc2F)c2cc(OC)c(F)cc2F)c(F)cc1F.COc1cc(F)cc(F)c1B(c1c(F)cc(F)cc1OC)c1c(F)cc(F)cc1OC. The van der Waals surface area contributed by atoms with Crippen molar-refractivity contribution in [3.63, 3.8) is 0 Å². The Morgan fingerprint density at radius 1 is 0.258 bits per heavy atom. The highest BCUT2D eigenvalue weighted by molar-refractivity contribution is 6.97. The lowest BCUT2D eigenvalue weighted by Crippen LogP contribution is -2.56. The molecule has 6 aromatic rings. The molecule has 6 nitrogen and oxygen atoms in total. The monoisotopic (exact) mass is 880 g/mol. The van der Waals surface area contributed by atoms with Crippen molar-refractivity contribution in [3.8, 4) is 34.5 Å². The zero-order valence-corrected chi connectivity index (χ0v) is 33.1. The Kier molecular flexibility index (Phi) is 14.6. The van der Waals surface area contributed by atoms with Crippen molar-refractivity contribution in [2.75, 3.05) is 42.7 Å². The van der Waals surface area contributed by atoms with E-state index in [4.69, 9.17) is 28.4 Å².